The molecule has 0 aliphatic heterocycles. The van der Waals surface area contributed by atoms with Gasteiger partial charge < -0.3 is 19.7 Å². The summed E-state index contributed by atoms with van der Waals surface area (Å²) >= 11 is 0. The number of amides is 2. The van der Waals surface area contributed by atoms with E-state index in [1.54, 1.807) is 6.92 Å². The first-order valence-corrected chi connectivity index (χ1v) is 15.0. The quantitative estimate of drug-likeness (QED) is 0.306. The number of carbonyl (C=O) groups excluding carboxylic acids is 2. The highest BCUT2D eigenvalue weighted by Gasteiger charge is 2.33. The Morgan fingerprint density at radius 2 is 1.55 bits per heavy atom. The molecule has 226 valence electrons. The topological polar surface area (TPSA) is 105 Å². The summed E-state index contributed by atoms with van der Waals surface area (Å²) in [4.78, 5) is 28.3. The number of sulfonamides is 1. The van der Waals surface area contributed by atoms with Gasteiger partial charge in [0.1, 0.15) is 18.4 Å². The maximum atomic E-state index is 14.0. The van der Waals surface area contributed by atoms with Crippen molar-refractivity contribution >= 4 is 27.5 Å². The van der Waals surface area contributed by atoms with Crippen molar-refractivity contribution in [3.8, 4) is 11.5 Å². The minimum Gasteiger partial charge on any atom is -0.493 e. The number of hydrogen-bond donors (Lipinski definition) is 1. The molecule has 0 aliphatic rings. The molecule has 0 spiro atoms. The van der Waals surface area contributed by atoms with E-state index in [0.29, 0.717) is 12.2 Å². The lowest BCUT2D eigenvalue weighted by molar-refractivity contribution is -0.139. The molecule has 3 aromatic rings. The third kappa shape index (κ3) is 7.79. The molecule has 3 rings (SSSR count). The minimum absolute atomic E-state index is 0.0713. The predicted octanol–water partition coefficient (Wildman–Crippen LogP) is 4.68. The Morgan fingerprint density at radius 3 is 2.12 bits per heavy atom. The average molecular weight is 600 g/mol. The van der Waals surface area contributed by atoms with Gasteiger partial charge in [-0.15, -0.1) is 0 Å². The molecule has 0 aromatic heterocycles. The zero-order chi connectivity index (χ0) is 31.0. The number of nitrogens with one attached hydrogen (secondary N) is 1. The predicted molar refractivity (Wildman–Crippen MR) is 160 cm³/mol. The molecule has 0 bridgehead atoms. The zero-order valence-corrected chi connectivity index (χ0v) is 25.6. The van der Waals surface area contributed by atoms with Gasteiger partial charge in [-0.1, -0.05) is 36.8 Å². The summed E-state index contributed by atoms with van der Waals surface area (Å²) in [6, 6.07) is 15.3. The van der Waals surface area contributed by atoms with Crippen LogP contribution in [0.1, 0.15) is 38.3 Å². The molecule has 0 saturated heterocycles. The fraction of sp³-hybridized carbons (Fsp3) is 0.355. The van der Waals surface area contributed by atoms with Crippen molar-refractivity contribution < 1.29 is 31.9 Å². The Balaban J connectivity index is 2.06. The molecule has 9 nitrogen and oxygen atoms in total. The number of halogens is 1. The third-order valence-corrected chi connectivity index (χ3v) is 8.75. The first-order chi connectivity index (χ1) is 19.9. The number of hydrogen-bond acceptors (Lipinski definition) is 6. The van der Waals surface area contributed by atoms with Crippen molar-refractivity contribution in [2.45, 2.75) is 57.6 Å². The maximum Gasteiger partial charge on any atom is 0.264 e. The molecule has 0 aliphatic carbocycles. The summed E-state index contributed by atoms with van der Waals surface area (Å²) in [5.41, 5.74) is 1.88. The maximum absolute atomic E-state index is 14.0. The van der Waals surface area contributed by atoms with Crippen molar-refractivity contribution in [3.05, 3.63) is 83.7 Å². The number of ether oxygens (including phenoxy) is 2. The van der Waals surface area contributed by atoms with Gasteiger partial charge in [0, 0.05) is 18.7 Å². The second-order valence-electron chi connectivity index (χ2n) is 10.0. The van der Waals surface area contributed by atoms with E-state index in [1.165, 1.54) is 49.5 Å². The highest BCUT2D eigenvalue weighted by Crippen LogP contribution is 2.32. The van der Waals surface area contributed by atoms with Crippen LogP contribution in [0.15, 0.2) is 71.6 Å². The van der Waals surface area contributed by atoms with Crippen molar-refractivity contribution in [1.29, 1.82) is 0 Å². The molecule has 11 heteroatoms. The van der Waals surface area contributed by atoms with Crippen LogP contribution in [0.3, 0.4) is 0 Å². The Morgan fingerprint density at radius 1 is 0.929 bits per heavy atom. The normalized spacial score (nSPS) is 12.6. The van der Waals surface area contributed by atoms with Gasteiger partial charge in [-0.05, 0) is 69.2 Å². The van der Waals surface area contributed by atoms with Crippen LogP contribution >= 0.6 is 0 Å². The van der Waals surface area contributed by atoms with E-state index in [1.807, 2.05) is 45.0 Å². The van der Waals surface area contributed by atoms with Crippen LogP contribution in [0.2, 0.25) is 0 Å². The summed E-state index contributed by atoms with van der Waals surface area (Å²) in [5, 5.41) is 2.90. The molecule has 0 radical (unpaired) electrons. The Kier molecular flexibility index (Phi) is 10.9. The van der Waals surface area contributed by atoms with Gasteiger partial charge in [0.2, 0.25) is 11.8 Å². The van der Waals surface area contributed by atoms with Crippen LogP contribution < -0.4 is 19.1 Å². The molecular weight excluding hydrogens is 561 g/mol. The highest BCUT2D eigenvalue weighted by atomic mass is 32.2. The van der Waals surface area contributed by atoms with Gasteiger partial charge in [0.25, 0.3) is 10.0 Å². The molecule has 2 amide bonds. The summed E-state index contributed by atoms with van der Waals surface area (Å²) < 4.78 is 53.3. The zero-order valence-electron chi connectivity index (χ0n) is 24.8. The first kappa shape index (κ1) is 32.4. The number of rotatable bonds is 13. The Hall–Kier alpha value is -4.12. The third-order valence-electron chi connectivity index (χ3n) is 6.98. The van der Waals surface area contributed by atoms with E-state index in [4.69, 9.17) is 9.47 Å². The number of benzene rings is 3. The summed E-state index contributed by atoms with van der Waals surface area (Å²) in [7, 11) is -1.57. The molecule has 0 saturated carbocycles. The number of carbonyl (C=O) groups is 2. The fourth-order valence-electron chi connectivity index (χ4n) is 4.18. The van der Waals surface area contributed by atoms with Crippen LogP contribution in [0.25, 0.3) is 0 Å². The number of aryl methyl sites for hydroxylation is 1. The van der Waals surface area contributed by atoms with E-state index in [9.17, 15) is 22.4 Å². The lowest BCUT2D eigenvalue weighted by Crippen LogP contribution is -2.52. The first-order valence-electron chi connectivity index (χ1n) is 13.6. The molecule has 1 N–H and O–H groups in total. The summed E-state index contributed by atoms with van der Waals surface area (Å²) in [6.07, 6.45) is 0.701. The highest BCUT2D eigenvalue weighted by molar-refractivity contribution is 7.92. The SMILES string of the molecule is CC[C@H](C)NC(=O)[C@@H](C)N(Cc1ccc(C)cc1)C(=O)CN(c1ccc(F)cc1)S(=O)(=O)c1ccc(OC)c(OC)c1. The van der Waals surface area contributed by atoms with Gasteiger partial charge >= 0.3 is 0 Å². The average Bonchev–Trinajstić information content (AvgIpc) is 2.98. The summed E-state index contributed by atoms with van der Waals surface area (Å²) in [5.74, 6) is -1.03. The van der Waals surface area contributed by atoms with E-state index >= 15 is 0 Å². The molecule has 0 heterocycles. The second-order valence-corrected chi connectivity index (χ2v) is 11.9. The van der Waals surface area contributed by atoms with Crippen LogP contribution in [0.5, 0.6) is 11.5 Å². The van der Waals surface area contributed by atoms with Gasteiger partial charge in [0.15, 0.2) is 11.5 Å². The lowest BCUT2D eigenvalue weighted by atomic mass is 10.1. The van der Waals surface area contributed by atoms with Gasteiger partial charge in [-0.25, -0.2) is 12.8 Å². The van der Waals surface area contributed by atoms with Crippen molar-refractivity contribution in [2.24, 2.45) is 0 Å². The fourth-order valence-corrected chi connectivity index (χ4v) is 5.61. The van der Waals surface area contributed by atoms with E-state index in [-0.39, 0.29) is 34.8 Å². The Bertz CT molecular complexity index is 1480. The van der Waals surface area contributed by atoms with E-state index in [0.717, 1.165) is 27.6 Å². The smallest absolute Gasteiger partial charge is 0.264 e. The lowest BCUT2D eigenvalue weighted by Gasteiger charge is -2.32. The van der Waals surface area contributed by atoms with Crippen LogP contribution in [-0.4, -0.2) is 58.0 Å². The Labute approximate surface area is 247 Å². The molecule has 2 atom stereocenters. The number of methoxy groups -OCH3 is 2. The molecule has 0 unspecified atom stereocenters. The minimum atomic E-state index is -4.37. The van der Waals surface area contributed by atoms with E-state index < -0.39 is 34.3 Å². The van der Waals surface area contributed by atoms with Gasteiger partial charge in [-0.3, -0.25) is 13.9 Å². The molecular formula is C31H38FN3O6S. The largest absolute Gasteiger partial charge is 0.493 e. The molecule has 42 heavy (non-hydrogen) atoms. The van der Waals surface area contributed by atoms with Crippen LogP contribution in [-0.2, 0) is 26.2 Å². The van der Waals surface area contributed by atoms with Crippen molar-refractivity contribution in [3.63, 3.8) is 0 Å². The van der Waals surface area contributed by atoms with Gasteiger partial charge in [-0.2, -0.15) is 0 Å². The number of nitrogens with zero attached hydrogens (tertiary/aromatic N) is 2. The van der Waals surface area contributed by atoms with Crippen LogP contribution in [0, 0.1) is 12.7 Å². The monoisotopic (exact) mass is 599 g/mol. The van der Waals surface area contributed by atoms with Crippen molar-refractivity contribution in [2.75, 3.05) is 25.1 Å². The standard InChI is InChI=1S/C31H38FN3O6S/c1-7-22(3)33-31(37)23(4)34(19-24-10-8-21(2)9-11-24)30(36)20-35(26-14-12-25(32)13-15-26)42(38,39)27-16-17-28(40-5)29(18-27)41-6/h8-18,22-23H,7,19-20H2,1-6H3,(H,33,37)/t22-,23+/m0/s1. The second kappa shape index (κ2) is 14.2. The number of anilines is 1. The molecule has 0 fully saturated rings. The van der Waals surface area contributed by atoms with Crippen LogP contribution in [0.4, 0.5) is 10.1 Å². The van der Waals surface area contributed by atoms with Gasteiger partial charge in [0.05, 0.1) is 24.8 Å². The van der Waals surface area contributed by atoms with Crippen molar-refractivity contribution in [1.82, 2.24) is 10.2 Å². The molecule has 3 aromatic carbocycles. The van der Waals surface area contributed by atoms with E-state index in [2.05, 4.69) is 5.32 Å². The summed E-state index contributed by atoms with van der Waals surface area (Å²) in [6.45, 7) is 6.77.